The molecule has 0 aliphatic rings. The van der Waals surface area contributed by atoms with Crippen molar-refractivity contribution in [2.45, 2.75) is 11.8 Å². The van der Waals surface area contributed by atoms with E-state index in [1.807, 2.05) is 49.6 Å². The summed E-state index contributed by atoms with van der Waals surface area (Å²) in [5.74, 6) is -0.128. The second kappa shape index (κ2) is 6.93. The van der Waals surface area contributed by atoms with Gasteiger partial charge in [0.05, 0.1) is 11.4 Å². The smallest absolute Gasteiger partial charge is 0.267 e. The number of aryl methyl sites for hydroxylation is 1. The first-order valence-electron chi connectivity index (χ1n) is 7.01. The molecule has 1 amide bonds. The van der Waals surface area contributed by atoms with Crippen LogP contribution in [0, 0.1) is 6.92 Å². The molecule has 0 saturated carbocycles. The Hall–Kier alpha value is -2.18. The van der Waals surface area contributed by atoms with Gasteiger partial charge in [-0.25, -0.2) is 4.98 Å². The van der Waals surface area contributed by atoms with E-state index < -0.39 is 0 Å². The zero-order chi connectivity index (χ0) is 16.2. The van der Waals surface area contributed by atoms with E-state index in [-0.39, 0.29) is 5.91 Å². The minimum absolute atomic E-state index is 0.128. The first-order valence-corrected chi connectivity index (χ1v) is 9.05. The highest BCUT2D eigenvalue weighted by Crippen LogP contribution is 2.29. The standard InChI is InChI=1S/C17H15N3OS2/c1-11-15(23-17(19-11)12-6-5-9-18-10-12)16(21)20-13-7-3-4-8-14(13)22-2/h3-10H,1-2H3,(H,20,21). The molecule has 0 unspecified atom stereocenters. The number of nitrogens with one attached hydrogen (secondary N) is 1. The van der Waals surface area contributed by atoms with Gasteiger partial charge in [0.25, 0.3) is 5.91 Å². The maximum atomic E-state index is 12.6. The molecule has 0 spiro atoms. The number of carbonyl (C=O) groups is 1. The Balaban J connectivity index is 1.87. The number of para-hydroxylation sites is 1. The molecular formula is C17H15N3OS2. The van der Waals surface area contributed by atoms with Crippen LogP contribution in [0.25, 0.3) is 10.6 Å². The summed E-state index contributed by atoms with van der Waals surface area (Å²) in [4.78, 5) is 22.8. The lowest BCUT2D eigenvalue weighted by Crippen LogP contribution is -2.12. The maximum Gasteiger partial charge on any atom is 0.267 e. The average molecular weight is 341 g/mol. The highest BCUT2D eigenvalue weighted by molar-refractivity contribution is 7.98. The van der Waals surface area contributed by atoms with Gasteiger partial charge in [-0.15, -0.1) is 23.1 Å². The van der Waals surface area contributed by atoms with Gasteiger partial charge in [0.2, 0.25) is 0 Å². The molecule has 0 bridgehead atoms. The van der Waals surface area contributed by atoms with Crippen molar-refractivity contribution in [3.8, 4) is 10.6 Å². The van der Waals surface area contributed by atoms with Gasteiger partial charge >= 0.3 is 0 Å². The van der Waals surface area contributed by atoms with E-state index in [0.717, 1.165) is 26.8 Å². The average Bonchev–Trinajstić information content (AvgIpc) is 2.98. The Labute approximate surface area is 143 Å². The summed E-state index contributed by atoms with van der Waals surface area (Å²) in [6.45, 7) is 1.85. The van der Waals surface area contributed by atoms with E-state index in [0.29, 0.717) is 4.88 Å². The fourth-order valence-corrected chi connectivity index (χ4v) is 3.65. The summed E-state index contributed by atoms with van der Waals surface area (Å²) in [6.07, 6.45) is 5.46. The Bertz CT molecular complexity index is 831. The minimum Gasteiger partial charge on any atom is -0.320 e. The van der Waals surface area contributed by atoms with Crippen LogP contribution >= 0.6 is 23.1 Å². The Kier molecular flexibility index (Phi) is 4.73. The SMILES string of the molecule is CSc1ccccc1NC(=O)c1sc(-c2cccnc2)nc1C. The van der Waals surface area contributed by atoms with Gasteiger partial charge < -0.3 is 5.32 Å². The van der Waals surface area contributed by atoms with E-state index in [1.54, 1.807) is 24.2 Å². The second-order valence-corrected chi connectivity index (χ2v) is 6.68. The number of pyridine rings is 1. The number of hydrogen-bond donors (Lipinski definition) is 1. The fraction of sp³-hybridized carbons (Fsp3) is 0.118. The molecule has 3 aromatic rings. The summed E-state index contributed by atoms with van der Waals surface area (Å²) in [5, 5.41) is 3.78. The quantitative estimate of drug-likeness (QED) is 0.711. The monoisotopic (exact) mass is 341 g/mol. The topological polar surface area (TPSA) is 54.9 Å². The molecule has 1 N–H and O–H groups in total. The minimum atomic E-state index is -0.128. The molecule has 0 saturated heterocycles. The number of hydrogen-bond acceptors (Lipinski definition) is 5. The zero-order valence-electron chi connectivity index (χ0n) is 12.7. The van der Waals surface area contributed by atoms with Gasteiger partial charge in [0, 0.05) is 22.9 Å². The third kappa shape index (κ3) is 3.43. The van der Waals surface area contributed by atoms with Gasteiger partial charge in [-0.2, -0.15) is 0 Å². The van der Waals surface area contributed by atoms with Crippen molar-refractivity contribution in [2.75, 3.05) is 11.6 Å². The molecule has 3 rings (SSSR count). The molecule has 6 heteroatoms. The predicted octanol–water partition coefficient (Wildman–Crippen LogP) is 4.49. The summed E-state index contributed by atoms with van der Waals surface area (Å²) in [5.41, 5.74) is 2.47. The van der Waals surface area contributed by atoms with Crippen LogP contribution in [0.2, 0.25) is 0 Å². The fourth-order valence-electron chi connectivity index (χ4n) is 2.15. The van der Waals surface area contributed by atoms with Gasteiger partial charge in [-0.05, 0) is 37.4 Å². The van der Waals surface area contributed by atoms with E-state index in [4.69, 9.17) is 0 Å². The van der Waals surface area contributed by atoms with Gasteiger partial charge in [-0.3, -0.25) is 9.78 Å². The largest absolute Gasteiger partial charge is 0.320 e. The molecule has 23 heavy (non-hydrogen) atoms. The Morgan fingerprint density at radius 1 is 1.22 bits per heavy atom. The van der Waals surface area contributed by atoms with Crippen molar-refractivity contribution in [1.29, 1.82) is 0 Å². The third-order valence-corrected chi connectivity index (χ3v) is 5.27. The summed E-state index contributed by atoms with van der Waals surface area (Å²) in [6, 6.07) is 11.6. The van der Waals surface area contributed by atoms with Crippen molar-refractivity contribution in [2.24, 2.45) is 0 Å². The third-order valence-electron chi connectivity index (χ3n) is 3.27. The van der Waals surface area contributed by atoms with Crippen LogP contribution in [0.5, 0.6) is 0 Å². The summed E-state index contributed by atoms with van der Waals surface area (Å²) in [7, 11) is 0. The van der Waals surface area contributed by atoms with Crippen molar-refractivity contribution in [3.63, 3.8) is 0 Å². The Morgan fingerprint density at radius 2 is 2.04 bits per heavy atom. The number of carbonyl (C=O) groups excluding carboxylic acids is 1. The molecule has 0 aliphatic heterocycles. The lowest BCUT2D eigenvalue weighted by molar-refractivity contribution is 0.102. The molecule has 0 fully saturated rings. The summed E-state index contributed by atoms with van der Waals surface area (Å²) >= 11 is 2.99. The lowest BCUT2D eigenvalue weighted by atomic mass is 10.3. The maximum absolute atomic E-state index is 12.6. The molecule has 1 aromatic carbocycles. The highest BCUT2D eigenvalue weighted by atomic mass is 32.2. The molecule has 116 valence electrons. The number of thiazole rings is 1. The van der Waals surface area contributed by atoms with Crippen molar-refractivity contribution >= 4 is 34.7 Å². The van der Waals surface area contributed by atoms with E-state index in [1.165, 1.54) is 11.3 Å². The number of benzene rings is 1. The molecule has 0 aliphatic carbocycles. The van der Waals surface area contributed by atoms with E-state index in [2.05, 4.69) is 15.3 Å². The molecule has 2 aromatic heterocycles. The molecular weight excluding hydrogens is 326 g/mol. The molecule has 0 radical (unpaired) electrons. The van der Waals surface area contributed by atoms with Crippen LogP contribution < -0.4 is 5.32 Å². The first kappa shape index (κ1) is 15.7. The molecule has 4 nitrogen and oxygen atoms in total. The van der Waals surface area contributed by atoms with Crippen molar-refractivity contribution in [3.05, 3.63) is 59.4 Å². The number of nitrogens with zero attached hydrogens (tertiary/aromatic N) is 2. The number of anilines is 1. The van der Waals surface area contributed by atoms with Crippen LogP contribution in [0.4, 0.5) is 5.69 Å². The highest BCUT2D eigenvalue weighted by Gasteiger charge is 2.17. The number of rotatable bonds is 4. The van der Waals surface area contributed by atoms with Gasteiger partial charge in [-0.1, -0.05) is 12.1 Å². The van der Waals surface area contributed by atoms with Crippen LogP contribution in [0.15, 0.2) is 53.7 Å². The number of thioether (sulfide) groups is 1. The zero-order valence-corrected chi connectivity index (χ0v) is 14.4. The van der Waals surface area contributed by atoms with Crippen LogP contribution in [-0.2, 0) is 0 Å². The van der Waals surface area contributed by atoms with Crippen molar-refractivity contribution in [1.82, 2.24) is 9.97 Å². The number of amides is 1. The second-order valence-electron chi connectivity index (χ2n) is 4.83. The van der Waals surface area contributed by atoms with Gasteiger partial charge in [0.1, 0.15) is 9.88 Å². The molecule has 2 heterocycles. The Morgan fingerprint density at radius 3 is 2.78 bits per heavy atom. The van der Waals surface area contributed by atoms with Crippen molar-refractivity contribution < 1.29 is 4.79 Å². The molecule has 0 atom stereocenters. The number of aromatic nitrogens is 2. The van der Waals surface area contributed by atoms with Gasteiger partial charge in [0.15, 0.2) is 0 Å². The normalized spacial score (nSPS) is 10.5. The van der Waals surface area contributed by atoms with E-state index in [9.17, 15) is 4.79 Å². The van der Waals surface area contributed by atoms with Crippen LogP contribution in [0.1, 0.15) is 15.4 Å². The summed E-state index contributed by atoms with van der Waals surface area (Å²) < 4.78 is 0. The van der Waals surface area contributed by atoms with E-state index >= 15 is 0 Å². The predicted molar refractivity (Wildman–Crippen MR) is 96.3 cm³/mol. The van der Waals surface area contributed by atoms with Crippen LogP contribution in [-0.4, -0.2) is 22.1 Å². The lowest BCUT2D eigenvalue weighted by Gasteiger charge is -2.08. The van der Waals surface area contributed by atoms with Crippen LogP contribution in [0.3, 0.4) is 0 Å². The first-order chi connectivity index (χ1) is 11.2.